The molecule has 0 spiro atoms. The predicted octanol–water partition coefficient (Wildman–Crippen LogP) is 3.51. The van der Waals surface area contributed by atoms with Crippen LogP contribution in [0, 0.1) is 20.8 Å². The smallest absolute Gasteiger partial charge is 0.169 e. The van der Waals surface area contributed by atoms with E-state index < -0.39 is 0 Å². The van der Waals surface area contributed by atoms with E-state index in [0.717, 1.165) is 22.3 Å². The van der Waals surface area contributed by atoms with Gasteiger partial charge in [-0.05, 0) is 37.5 Å². The largest absolute Gasteiger partial charge is 0.495 e. The summed E-state index contributed by atoms with van der Waals surface area (Å²) in [6, 6.07) is 1.69. The normalized spacial score (nSPS) is 10.7. The highest BCUT2D eigenvalue weighted by atomic mass is 35.5. The van der Waals surface area contributed by atoms with E-state index in [0.29, 0.717) is 22.4 Å². The van der Waals surface area contributed by atoms with Crippen LogP contribution in [0.25, 0.3) is 11.3 Å². The van der Waals surface area contributed by atoms with Gasteiger partial charge in [-0.25, -0.2) is 0 Å². The van der Waals surface area contributed by atoms with Crippen LogP contribution < -0.4 is 10.5 Å². The Labute approximate surface area is 111 Å². The average Bonchev–Trinajstić information content (AvgIpc) is 2.74. The molecule has 2 rings (SSSR count). The van der Waals surface area contributed by atoms with Gasteiger partial charge in [0, 0.05) is 11.6 Å². The Morgan fingerprint density at radius 1 is 1.22 bits per heavy atom. The van der Waals surface area contributed by atoms with Crippen LogP contribution in [0.3, 0.4) is 0 Å². The average molecular weight is 267 g/mol. The summed E-state index contributed by atoms with van der Waals surface area (Å²) < 4.78 is 10.6. The second kappa shape index (κ2) is 4.53. The first-order valence-electron chi connectivity index (χ1n) is 5.53. The van der Waals surface area contributed by atoms with E-state index in [1.54, 1.807) is 13.2 Å². The number of nitrogens with zero attached hydrogens (tertiary/aromatic N) is 1. The van der Waals surface area contributed by atoms with E-state index in [1.807, 2.05) is 20.8 Å². The van der Waals surface area contributed by atoms with Crippen LogP contribution in [0.15, 0.2) is 10.6 Å². The molecule has 2 N–H and O–H groups in total. The van der Waals surface area contributed by atoms with Gasteiger partial charge in [-0.2, -0.15) is 0 Å². The van der Waals surface area contributed by atoms with E-state index in [-0.39, 0.29) is 0 Å². The highest BCUT2D eigenvalue weighted by Crippen LogP contribution is 2.41. The van der Waals surface area contributed by atoms with Crippen molar-refractivity contribution in [2.24, 2.45) is 0 Å². The van der Waals surface area contributed by atoms with Crippen LogP contribution >= 0.6 is 11.6 Å². The molecule has 1 aromatic carbocycles. The fourth-order valence-corrected chi connectivity index (χ4v) is 2.42. The Morgan fingerprint density at radius 3 is 2.39 bits per heavy atom. The van der Waals surface area contributed by atoms with Crippen molar-refractivity contribution in [3.8, 4) is 17.1 Å². The molecule has 18 heavy (non-hydrogen) atoms. The molecular weight excluding hydrogens is 252 g/mol. The van der Waals surface area contributed by atoms with Gasteiger partial charge in [-0.3, -0.25) is 0 Å². The fourth-order valence-electron chi connectivity index (χ4n) is 2.10. The number of anilines is 1. The lowest BCUT2D eigenvalue weighted by Gasteiger charge is -2.16. The molecule has 2 aromatic rings. The molecule has 0 bridgehead atoms. The van der Waals surface area contributed by atoms with Crippen molar-refractivity contribution in [2.75, 3.05) is 12.8 Å². The first-order chi connectivity index (χ1) is 8.47. The minimum Gasteiger partial charge on any atom is -0.495 e. The summed E-state index contributed by atoms with van der Waals surface area (Å²) in [5.74, 6) is 1.67. The van der Waals surface area contributed by atoms with Crippen molar-refractivity contribution < 1.29 is 9.26 Å². The quantitative estimate of drug-likeness (QED) is 0.903. The Hall–Kier alpha value is -1.68. The standard InChI is InChI=1S/C13H15ClN2O2/c1-6-7(2)13(17-4)12(14)8(3)11(6)9-5-10(15)16-18-9/h5H,1-4H3,(H2,15,16). The van der Waals surface area contributed by atoms with Crippen molar-refractivity contribution in [1.82, 2.24) is 5.16 Å². The molecule has 1 aromatic heterocycles. The summed E-state index contributed by atoms with van der Waals surface area (Å²) in [7, 11) is 1.61. The number of ether oxygens (including phenoxy) is 1. The van der Waals surface area contributed by atoms with Gasteiger partial charge in [0.15, 0.2) is 11.6 Å². The Morgan fingerprint density at radius 2 is 1.89 bits per heavy atom. The number of benzene rings is 1. The first-order valence-corrected chi connectivity index (χ1v) is 5.91. The molecule has 0 aliphatic heterocycles. The molecule has 0 amide bonds. The molecule has 0 saturated carbocycles. The maximum atomic E-state index is 6.31. The molecule has 4 nitrogen and oxygen atoms in total. The molecule has 0 radical (unpaired) electrons. The van der Waals surface area contributed by atoms with Crippen molar-refractivity contribution in [3.05, 3.63) is 27.8 Å². The van der Waals surface area contributed by atoms with Crippen LogP contribution in [0.5, 0.6) is 5.75 Å². The van der Waals surface area contributed by atoms with Crippen LogP contribution in [-0.4, -0.2) is 12.3 Å². The molecule has 0 atom stereocenters. The van der Waals surface area contributed by atoms with E-state index in [4.69, 9.17) is 26.6 Å². The van der Waals surface area contributed by atoms with Gasteiger partial charge in [-0.1, -0.05) is 16.8 Å². The lowest BCUT2D eigenvalue weighted by Crippen LogP contribution is -1.97. The molecular formula is C13H15ClN2O2. The molecule has 0 aliphatic rings. The van der Waals surface area contributed by atoms with Gasteiger partial charge >= 0.3 is 0 Å². The Kier molecular flexibility index (Phi) is 3.22. The van der Waals surface area contributed by atoms with Gasteiger partial charge in [0.05, 0.1) is 12.1 Å². The van der Waals surface area contributed by atoms with Gasteiger partial charge in [0.1, 0.15) is 5.75 Å². The van der Waals surface area contributed by atoms with Gasteiger partial charge < -0.3 is 15.0 Å². The third-order valence-electron chi connectivity index (χ3n) is 3.16. The number of halogens is 1. The SMILES string of the molecule is COc1c(C)c(C)c(-c2cc(N)no2)c(C)c1Cl. The van der Waals surface area contributed by atoms with E-state index in [9.17, 15) is 0 Å². The zero-order valence-electron chi connectivity index (χ0n) is 10.8. The summed E-state index contributed by atoms with van der Waals surface area (Å²) in [4.78, 5) is 0. The molecule has 0 fully saturated rings. The summed E-state index contributed by atoms with van der Waals surface area (Å²) in [5.41, 5.74) is 9.43. The van der Waals surface area contributed by atoms with Crippen LogP contribution in [0.2, 0.25) is 5.02 Å². The van der Waals surface area contributed by atoms with Crippen LogP contribution in [0.1, 0.15) is 16.7 Å². The monoisotopic (exact) mass is 266 g/mol. The maximum absolute atomic E-state index is 6.31. The number of hydrogen-bond acceptors (Lipinski definition) is 4. The summed E-state index contributed by atoms with van der Waals surface area (Å²) in [6.45, 7) is 5.88. The zero-order chi connectivity index (χ0) is 13.4. The second-order valence-corrected chi connectivity index (χ2v) is 4.59. The van der Waals surface area contributed by atoms with Crippen LogP contribution in [0.4, 0.5) is 5.82 Å². The number of nitrogens with two attached hydrogens (primary N) is 1. The molecule has 0 aliphatic carbocycles. The van der Waals surface area contributed by atoms with Gasteiger partial charge in [0.25, 0.3) is 0 Å². The van der Waals surface area contributed by atoms with E-state index in [2.05, 4.69) is 5.16 Å². The topological polar surface area (TPSA) is 61.3 Å². The molecule has 96 valence electrons. The highest BCUT2D eigenvalue weighted by molar-refractivity contribution is 6.33. The summed E-state index contributed by atoms with van der Waals surface area (Å²) in [5, 5.41) is 4.29. The van der Waals surface area contributed by atoms with E-state index >= 15 is 0 Å². The Bertz CT molecular complexity index is 576. The van der Waals surface area contributed by atoms with Gasteiger partial charge in [0.2, 0.25) is 0 Å². The minimum atomic E-state index is 0.355. The number of aromatic nitrogens is 1. The predicted molar refractivity (Wildman–Crippen MR) is 72.1 cm³/mol. The fraction of sp³-hybridized carbons (Fsp3) is 0.308. The third-order valence-corrected chi connectivity index (χ3v) is 3.62. The second-order valence-electron chi connectivity index (χ2n) is 4.21. The number of rotatable bonds is 2. The maximum Gasteiger partial charge on any atom is 0.169 e. The number of methoxy groups -OCH3 is 1. The number of nitrogen functional groups attached to an aromatic ring is 1. The van der Waals surface area contributed by atoms with Crippen molar-refractivity contribution >= 4 is 17.4 Å². The van der Waals surface area contributed by atoms with Crippen molar-refractivity contribution in [3.63, 3.8) is 0 Å². The van der Waals surface area contributed by atoms with Crippen LogP contribution in [-0.2, 0) is 0 Å². The molecule has 0 unspecified atom stereocenters. The zero-order valence-corrected chi connectivity index (χ0v) is 11.6. The Balaban J connectivity index is 2.76. The molecule has 1 heterocycles. The van der Waals surface area contributed by atoms with E-state index in [1.165, 1.54) is 0 Å². The third kappa shape index (κ3) is 1.82. The summed E-state index contributed by atoms with van der Waals surface area (Å²) >= 11 is 6.31. The summed E-state index contributed by atoms with van der Waals surface area (Å²) in [6.07, 6.45) is 0. The molecule has 0 saturated heterocycles. The lowest BCUT2D eigenvalue weighted by atomic mass is 9.95. The number of hydrogen-bond donors (Lipinski definition) is 1. The van der Waals surface area contributed by atoms with Crippen molar-refractivity contribution in [2.45, 2.75) is 20.8 Å². The lowest BCUT2D eigenvalue weighted by molar-refractivity contribution is 0.410. The first kappa shape index (κ1) is 12.8. The highest BCUT2D eigenvalue weighted by Gasteiger charge is 2.20. The van der Waals surface area contributed by atoms with Gasteiger partial charge in [-0.15, -0.1) is 0 Å². The minimum absolute atomic E-state index is 0.355. The molecule has 5 heteroatoms. The van der Waals surface area contributed by atoms with Crippen molar-refractivity contribution in [1.29, 1.82) is 0 Å².